The maximum atomic E-state index is 13.0. The summed E-state index contributed by atoms with van der Waals surface area (Å²) in [5.41, 5.74) is 1.99. The van der Waals surface area contributed by atoms with E-state index in [0.717, 1.165) is 0 Å². The van der Waals surface area contributed by atoms with E-state index in [4.69, 9.17) is 14.2 Å². The number of sulfonamides is 1. The van der Waals surface area contributed by atoms with Crippen molar-refractivity contribution < 1.29 is 27.4 Å². The van der Waals surface area contributed by atoms with Gasteiger partial charge in [-0.15, -0.1) is 0 Å². The number of amides is 1. The monoisotopic (exact) mass is 470 g/mol. The van der Waals surface area contributed by atoms with E-state index in [0.29, 0.717) is 39.8 Å². The summed E-state index contributed by atoms with van der Waals surface area (Å²) in [6, 6.07) is 16.5. The second-order valence-electron chi connectivity index (χ2n) is 7.22. The Labute approximate surface area is 193 Å². The Bertz CT molecular complexity index is 1240. The van der Waals surface area contributed by atoms with Crippen LogP contribution in [0, 0.1) is 6.92 Å². The highest BCUT2D eigenvalue weighted by Gasteiger charge is 2.19. The normalized spacial score (nSPS) is 10.9. The lowest BCUT2D eigenvalue weighted by Gasteiger charge is -2.14. The fraction of sp³-hybridized carbons (Fsp3) is 0.208. The Morgan fingerprint density at radius 3 is 2.09 bits per heavy atom. The van der Waals surface area contributed by atoms with Crippen LogP contribution in [0.15, 0.2) is 65.6 Å². The van der Waals surface area contributed by atoms with Gasteiger partial charge in [0.15, 0.2) is 0 Å². The molecule has 0 heterocycles. The van der Waals surface area contributed by atoms with Crippen molar-refractivity contribution in [2.24, 2.45) is 0 Å². The number of anilines is 2. The van der Waals surface area contributed by atoms with E-state index in [2.05, 4.69) is 10.0 Å². The Hall–Kier alpha value is -3.72. The zero-order chi connectivity index (χ0) is 24.0. The number of ether oxygens (including phenoxy) is 3. The quantitative estimate of drug-likeness (QED) is 0.490. The molecule has 2 N–H and O–H groups in total. The number of carbonyl (C=O) groups is 1. The van der Waals surface area contributed by atoms with Gasteiger partial charge in [-0.1, -0.05) is 12.1 Å². The highest BCUT2D eigenvalue weighted by atomic mass is 32.2. The first-order valence-electron chi connectivity index (χ1n) is 10.0. The number of carbonyl (C=O) groups excluding carboxylic acids is 1. The summed E-state index contributed by atoms with van der Waals surface area (Å²) >= 11 is 0. The molecular formula is C24H26N2O6S. The molecule has 0 radical (unpaired) electrons. The lowest BCUT2D eigenvalue weighted by Crippen LogP contribution is -2.17. The lowest BCUT2D eigenvalue weighted by molar-refractivity contribution is -0.115. The van der Waals surface area contributed by atoms with Crippen LogP contribution in [-0.4, -0.2) is 35.7 Å². The third-order valence-electron chi connectivity index (χ3n) is 4.95. The average Bonchev–Trinajstić information content (AvgIpc) is 2.80. The van der Waals surface area contributed by atoms with Gasteiger partial charge >= 0.3 is 0 Å². The van der Waals surface area contributed by atoms with Gasteiger partial charge in [0.2, 0.25) is 5.91 Å². The summed E-state index contributed by atoms with van der Waals surface area (Å²) in [5, 5.41) is 2.75. The molecule has 0 aliphatic rings. The lowest BCUT2D eigenvalue weighted by atomic mass is 10.1. The van der Waals surface area contributed by atoms with Gasteiger partial charge in [-0.3, -0.25) is 9.52 Å². The van der Waals surface area contributed by atoms with Crippen molar-refractivity contribution in [1.29, 1.82) is 0 Å². The summed E-state index contributed by atoms with van der Waals surface area (Å²) in [7, 11) is 0.726. The Kier molecular flexibility index (Phi) is 7.44. The molecule has 3 aromatic carbocycles. The van der Waals surface area contributed by atoms with E-state index in [-0.39, 0.29) is 17.2 Å². The summed E-state index contributed by atoms with van der Waals surface area (Å²) in [6.07, 6.45) is 0.0488. The first-order valence-corrected chi connectivity index (χ1v) is 11.5. The predicted molar refractivity (Wildman–Crippen MR) is 127 cm³/mol. The van der Waals surface area contributed by atoms with Crippen LogP contribution < -0.4 is 24.2 Å². The van der Waals surface area contributed by atoms with E-state index in [1.807, 2.05) is 0 Å². The fourth-order valence-corrected chi connectivity index (χ4v) is 4.54. The maximum absolute atomic E-state index is 13.0. The number of benzene rings is 3. The highest BCUT2D eigenvalue weighted by Crippen LogP contribution is 2.27. The Morgan fingerprint density at radius 2 is 1.45 bits per heavy atom. The van der Waals surface area contributed by atoms with Crippen molar-refractivity contribution >= 4 is 27.3 Å². The molecule has 0 saturated carbocycles. The van der Waals surface area contributed by atoms with Crippen molar-refractivity contribution in [3.63, 3.8) is 0 Å². The van der Waals surface area contributed by atoms with Crippen LogP contribution in [0.2, 0.25) is 0 Å². The SMILES string of the molecule is COc1ccc(NS(=O)(=O)c2cc(NC(=O)Cc3ccc(OC)cc3OC)ccc2C)cc1. The van der Waals surface area contributed by atoms with E-state index in [1.165, 1.54) is 20.3 Å². The second kappa shape index (κ2) is 10.3. The van der Waals surface area contributed by atoms with Gasteiger partial charge in [-0.2, -0.15) is 0 Å². The largest absolute Gasteiger partial charge is 0.497 e. The van der Waals surface area contributed by atoms with Gasteiger partial charge in [0.25, 0.3) is 10.0 Å². The molecule has 0 atom stereocenters. The maximum Gasteiger partial charge on any atom is 0.262 e. The van der Waals surface area contributed by atoms with Crippen LogP contribution in [0.3, 0.4) is 0 Å². The zero-order valence-electron chi connectivity index (χ0n) is 18.8. The van der Waals surface area contributed by atoms with E-state index in [1.54, 1.807) is 68.6 Å². The van der Waals surface area contributed by atoms with Crippen molar-refractivity contribution in [2.75, 3.05) is 31.4 Å². The van der Waals surface area contributed by atoms with E-state index < -0.39 is 10.0 Å². The van der Waals surface area contributed by atoms with Gasteiger partial charge in [0, 0.05) is 23.0 Å². The van der Waals surface area contributed by atoms with Gasteiger partial charge in [-0.25, -0.2) is 8.42 Å². The van der Waals surface area contributed by atoms with Crippen molar-refractivity contribution in [3.8, 4) is 17.2 Å². The van der Waals surface area contributed by atoms with Crippen molar-refractivity contribution in [1.82, 2.24) is 0 Å². The van der Waals surface area contributed by atoms with Crippen LogP contribution >= 0.6 is 0 Å². The van der Waals surface area contributed by atoms with Crippen LogP contribution in [0.25, 0.3) is 0 Å². The van der Waals surface area contributed by atoms with Crippen LogP contribution in [0.5, 0.6) is 17.2 Å². The van der Waals surface area contributed by atoms with Crippen LogP contribution in [0.4, 0.5) is 11.4 Å². The minimum absolute atomic E-state index is 0.0488. The molecule has 0 spiro atoms. The molecule has 0 aliphatic carbocycles. The van der Waals surface area contributed by atoms with E-state index >= 15 is 0 Å². The number of nitrogens with one attached hydrogen (secondary N) is 2. The first-order chi connectivity index (χ1) is 15.7. The summed E-state index contributed by atoms with van der Waals surface area (Å²) in [5.74, 6) is 1.45. The molecule has 0 bridgehead atoms. The summed E-state index contributed by atoms with van der Waals surface area (Å²) < 4.78 is 44.1. The third-order valence-corrected chi connectivity index (χ3v) is 6.47. The van der Waals surface area contributed by atoms with Gasteiger partial charge in [-0.05, 0) is 55.0 Å². The third kappa shape index (κ3) is 5.95. The minimum Gasteiger partial charge on any atom is -0.497 e. The molecule has 0 saturated heterocycles. The Balaban J connectivity index is 1.77. The van der Waals surface area contributed by atoms with Gasteiger partial charge < -0.3 is 19.5 Å². The number of hydrogen-bond acceptors (Lipinski definition) is 6. The van der Waals surface area contributed by atoms with Gasteiger partial charge in [0.1, 0.15) is 17.2 Å². The number of methoxy groups -OCH3 is 3. The number of rotatable bonds is 9. The average molecular weight is 471 g/mol. The topological polar surface area (TPSA) is 103 Å². The molecule has 3 rings (SSSR count). The first kappa shape index (κ1) is 23.9. The van der Waals surface area contributed by atoms with Crippen LogP contribution in [0.1, 0.15) is 11.1 Å². The van der Waals surface area contributed by atoms with E-state index in [9.17, 15) is 13.2 Å². The van der Waals surface area contributed by atoms with Crippen molar-refractivity contribution in [3.05, 3.63) is 71.8 Å². The molecule has 0 aromatic heterocycles. The summed E-state index contributed by atoms with van der Waals surface area (Å²) in [6.45, 7) is 1.69. The highest BCUT2D eigenvalue weighted by molar-refractivity contribution is 7.92. The molecule has 174 valence electrons. The molecule has 1 amide bonds. The molecule has 0 fully saturated rings. The van der Waals surface area contributed by atoms with Crippen LogP contribution in [-0.2, 0) is 21.2 Å². The van der Waals surface area contributed by atoms with Gasteiger partial charge in [0.05, 0.1) is 32.6 Å². The summed E-state index contributed by atoms with van der Waals surface area (Å²) in [4.78, 5) is 12.7. The number of aryl methyl sites for hydroxylation is 1. The molecular weight excluding hydrogens is 444 g/mol. The molecule has 0 aliphatic heterocycles. The Morgan fingerprint density at radius 1 is 0.818 bits per heavy atom. The fourth-order valence-electron chi connectivity index (χ4n) is 3.21. The number of hydrogen-bond donors (Lipinski definition) is 2. The molecule has 33 heavy (non-hydrogen) atoms. The molecule has 8 nitrogen and oxygen atoms in total. The minimum atomic E-state index is -3.88. The van der Waals surface area contributed by atoms with Crippen molar-refractivity contribution in [2.45, 2.75) is 18.2 Å². The molecule has 9 heteroatoms. The second-order valence-corrected chi connectivity index (χ2v) is 8.87. The smallest absolute Gasteiger partial charge is 0.262 e. The predicted octanol–water partition coefficient (Wildman–Crippen LogP) is 4.00. The molecule has 3 aromatic rings. The molecule has 0 unspecified atom stereocenters. The standard InChI is InChI=1S/C24H26N2O6S/c1-16-5-7-19(25-24(27)13-17-6-10-21(31-3)15-22(17)32-4)14-23(16)33(28,29)26-18-8-11-20(30-2)12-9-18/h5-12,14-15,26H,13H2,1-4H3,(H,25,27). The zero-order valence-corrected chi connectivity index (χ0v) is 19.7.